The van der Waals surface area contributed by atoms with E-state index >= 15 is 0 Å². The zero-order valence-corrected chi connectivity index (χ0v) is 6.13. The lowest BCUT2D eigenvalue weighted by molar-refractivity contribution is -0.124. The Kier molecular flexibility index (Phi) is 2.24. The second-order valence-electron chi connectivity index (χ2n) is 2.79. The predicted octanol–water partition coefficient (Wildman–Crippen LogP) is -0.132. The van der Waals surface area contributed by atoms with Crippen LogP contribution in [0.3, 0.4) is 0 Å². The number of hydrogen-bond donors (Lipinski definition) is 1. The van der Waals surface area contributed by atoms with E-state index in [1.807, 2.05) is 0 Å². The summed E-state index contributed by atoms with van der Waals surface area (Å²) >= 11 is 0. The van der Waals surface area contributed by atoms with E-state index in [0.717, 1.165) is 0 Å². The standard InChI is InChI=1S/C7H10NO3/c8-7(11-5-9)3-1-6(10)2-4-7/h1-4,8H2. The number of hydrogen-bond acceptors (Lipinski definition) is 4. The molecule has 4 nitrogen and oxygen atoms in total. The van der Waals surface area contributed by atoms with Crippen molar-refractivity contribution in [3.05, 3.63) is 0 Å². The summed E-state index contributed by atoms with van der Waals surface area (Å²) in [6.45, 7) is 1.31. The van der Waals surface area contributed by atoms with Crippen LogP contribution in [0.2, 0.25) is 0 Å². The number of carbonyl (C=O) groups is 1. The average molecular weight is 156 g/mol. The molecule has 1 aliphatic carbocycles. The fraction of sp³-hybridized carbons (Fsp3) is 0.714. The van der Waals surface area contributed by atoms with Crippen LogP contribution in [-0.2, 0) is 14.3 Å². The molecule has 61 valence electrons. The molecule has 1 fully saturated rings. The monoisotopic (exact) mass is 156 g/mol. The van der Waals surface area contributed by atoms with Gasteiger partial charge >= 0.3 is 6.47 Å². The van der Waals surface area contributed by atoms with Gasteiger partial charge in [0.15, 0.2) is 5.72 Å². The van der Waals surface area contributed by atoms with E-state index in [1.165, 1.54) is 6.47 Å². The van der Waals surface area contributed by atoms with Gasteiger partial charge in [0.25, 0.3) is 0 Å². The Bertz CT molecular complexity index is 169. The summed E-state index contributed by atoms with van der Waals surface area (Å²) in [5.74, 6) is 0.181. The molecular formula is C7H10NO3. The van der Waals surface area contributed by atoms with Gasteiger partial charge in [0.05, 0.1) is 0 Å². The third-order valence-corrected chi connectivity index (χ3v) is 1.90. The minimum atomic E-state index is -0.935. The van der Waals surface area contributed by atoms with Crippen molar-refractivity contribution in [2.75, 3.05) is 0 Å². The first-order valence-electron chi connectivity index (χ1n) is 3.52. The molecule has 0 heterocycles. The van der Waals surface area contributed by atoms with Crippen LogP contribution in [-0.4, -0.2) is 18.0 Å². The molecule has 4 heteroatoms. The first-order valence-corrected chi connectivity index (χ1v) is 3.52. The number of Topliss-reactive ketones (excluding diaryl/α,β-unsaturated/α-hetero) is 1. The fourth-order valence-electron chi connectivity index (χ4n) is 1.14. The highest BCUT2D eigenvalue weighted by Gasteiger charge is 2.32. The van der Waals surface area contributed by atoms with Crippen molar-refractivity contribution in [2.45, 2.75) is 31.4 Å². The Morgan fingerprint density at radius 3 is 2.45 bits per heavy atom. The second-order valence-corrected chi connectivity index (χ2v) is 2.79. The average Bonchev–Trinajstić information content (AvgIpc) is 1.97. The van der Waals surface area contributed by atoms with Crippen molar-refractivity contribution in [2.24, 2.45) is 5.73 Å². The van der Waals surface area contributed by atoms with Gasteiger partial charge in [-0.3, -0.25) is 10.5 Å². The molecule has 11 heavy (non-hydrogen) atoms. The Labute approximate surface area is 64.7 Å². The first kappa shape index (κ1) is 8.20. The molecule has 1 radical (unpaired) electrons. The van der Waals surface area contributed by atoms with Gasteiger partial charge in [-0.2, -0.15) is 0 Å². The third kappa shape index (κ3) is 2.01. The summed E-state index contributed by atoms with van der Waals surface area (Å²) in [6, 6.07) is 0. The van der Waals surface area contributed by atoms with Crippen molar-refractivity contribution < 1.29 is 14.3 Å². The van der Waals surface area contributed by atoms with E-state index in [4.69, 9.17) is 5.73 Å². The lowest BCUT2D eigenvalue weighted by Gasteiger charge is -2.29. The summed E-state index contributed by atoms with van der Waals surface area (Å²) in [7, 11) is 0. The van der Waals surface area contributed by atoms with Gasteiger partial charge in [0, 0.05) is 25.7 Å². The van der Waals surface area contributed by atoms with Gasteiger partial charge in [-0.1, -0.05) is 0 Å². The maximum Gasteiger partial charge on any atom is 0.419 e. The van der Waals surface area contributed by atoms with E-state index in [1.54, 1.807) is 0 Å². The van der Waals surface area contributed by atoms with Gasteiger partial charge in [-0.25, -0.2) is 4.79 Å². The zero-order chi connectivity index (χ0) is 8.32. The van der Waals surface area contributed by atoms with E-state index in [9.17, 15) is 9.59 Å². The molecule has 2 N–H and O–H groups in total. The van der Waals surface area contributed by atoms with Gasteiger partial charge in [0.1, 0.15) is 5.78 Å². The van der Waals surface area contributed by atoms with Crippen molar-refractivity contribution in [3.8, 4) is 0 Å². The minimum absolute atomic E-state index is 0.181. The number of rotatable bonds is 2. The molecule has 0 atom stereocenters. The van der Waals surface area contributed by atoms with Crippen LogP contribution in [0.4, 0.5) is 0 Å². The minimum Gasteiger partial charge on any atom is -0.436 e. The highest BCUT2D eigenvalue weighted by molar-refractivity contribution is 5.79. The molecule has 1 aliphatic rings. The Balaban J connectivity index is 2.47. The second kappa shape index (κ2) is 3.00. The number of nitrogens with two attached hydrogens (primary N) is 1. The van der Waals surface area contributed by atoms with E-state index in [-0.39, 0.29) is 5.78 Å². The highest BCUT2D eigenvalue weighted by atomic mass is 16.5. The van der Waals surface area contributed by atoms with Gasteiger partial charge in [-0.05, 0) is 0 Å². The summed E-state index contributed by atoms with van der Waals surface area (Å²) in [4.78, 5) is 20.6. The lowest BCUT2D eigenvalue weighted by atomic mass is 9.91. The first-order chi connectivity index (χ1) is 5.16. The summed E-state index contributed by atoms with van der Waals surface area (Å²) in [6.07, 6.45) is 1.64. The van der Waals surface area contributed by atoms with Crippen LogP contribution in [0.5, 0.6) is 0 Å². The fourth-order valence-corrected chi connectivity index (χ4v) is 1.14. The van der Waals surface area contributed by atoms with Gasteiger partial charge in [-0.15, -0.1) is 0 Å². The van der Waals surface area contributed by atoms with E-state index in [2.05, 4.69) is 4.74 Å². The topological polar surface area (TPSA) is 69.4 Å². The highest BCUT2D eigenvalue weighted by Crippen LogP contribution is 2.23. The number of ether oxygens (including phenoxy) is 1. The molecule has 1 saturated carbocycles. The molecule has 0 aromatic heterocycles. The lowest BCUT2D eigenvalue weighted by Crippen LogP contribution is -2.45. The van der Waals surface area contributed by atoms with Crippen molar-refractivity contribution >= 4 is 12.3 Å². The largest absolute Gasteiger partial charge is 0.436 e. The molecule has 0 aliphatic heterocycles. The molecule has 0 aromatic rings. The van der Waals surface area contributed by atoms with E-state index < -0.39 is 5.72 Å². The van der Waals surface area contributed by atoms with Gasteiger partial charge < -0.3 is 4.74 Å². The van der Waals surface area contributed by atoms with Crippen LogP contribution < -0.4 is 5.73 Å². The normalized spacial score (nSPS) is 22.8. The molecule has 0 bridgehead atoms. The van der Waals surface area contributed by atoms with Crippen LogP contribution in [0, 0.1) is 0 Å². The van der Waals surface area contributed by atoms with Crippen LogP contribution in [0.1, 0.15) is 25.7 Å². The quantitative estimate of drug-likeness (QED) is 0.565. The molecule has 0 saturated heterocycles. The molecule has 0 aromatic carbocycles. The van der Waals surface area contributed by atoms with E-state index in [0.29, 0.717) is 25.7 Å². The maximum atomic E-state index is 10.7. The van der Waals surface area contributed by atoms with Crippen molar-refractivity contribution in [1.29, 1.82) is 0 Å². The number of carbonyl (C=O) groups excluding carboxylic acids is 2. The third-order valence-electron chi connectivity index (χ3n) is 1.90. The van der Waals surface area contributed by atoms with Crippen LogP contribution >= 0.6 is 0 Å². The van der Waals surface area contributed by atoms with Crippen LogP contribution in [0.15, 0.2) is 0 Å². The van der Waals surface area contributed by atoms with Crippen molar-refractivity contribution in [3.63, 3.8) is 0 Å². The Morgan fingerprint density at radius 2 is 2.00 bits per heavy atom. The summed E-state index contributed by atoms with van der Waals surface area (Å²) in [5, 5.41) is 0. The Hall–Kier alpha value is -0.900. The maximum absolute atomic E-state index is 10.7. The van der Waals surface area contributed by atoms with Crippen molar-refractivity contribution in [1.82, 2.24) is 0 Å². The molecular weight excluding hydrogens is 146 g/mol. The SMILES string of the molecule is NC1(O[C]=O)CCC(=O)CC1. The van der Waals surface area contributed by atoms with Crippen LogP contribution in [0.25, 0.3) is 0 Å². The van der Waals surface area contributed by atoms with Gasteiger partial charge in [0.2, 0.25) is 0 Å². The Morgan fingerprint density at radius 1 is 1.45 bits per heavy atom. The zero-order valence-electron chi connectivity index (χ0n) is 6.13. The number of ketones is 1. The molecule has 0 amide bonds. The smallest absolute Gasteiger partial charge is 0.419 e. The molecule has 1 rings (SSSR count). The molecule has 0 unspecified atom stereocenters. The summed E-state index contributed by atoms with van der Waals surface area (Å²) in [5.41, 5.74) is 4.66. The predicted molar refractivity (Wildman–Crippen MR) is 37.2 cm³/mol. The summed E-state index contributed by atoms with van der Waals surface area (Å²) < 4.78 is 4.54. The molecule has 0 spiro atoms.